The van der Waals surface area contributed by atoms with Crippen LogP contribution in [0.4, 0.5) is 0 Å². The molecule has 4 rings (SSSR count). The molecule has 2 N–H and O–H groups in total. The summed E-state index contributed by atoms with van der Waals surface area (Å²) in [6, 6.07) is 13.7. The molecule has 0 saturated carbocycles. The van der Waals surface area contributed by atoms with Crippen LogP contribution in [0.15, 0.2) is 85.7 Å². The van der Waals surface area contributed by atoms with E-state index in [1.165, 1.54) is 0 Å². The van der Waals surface area contributed by atoms with Crippen molar-refractivity contribution in [3.05, 3.63) is 108 Å². The van der Waals surface area contributed by atoms with Crippen LogP contribution in [0.25, 0.3) is 0 Å². The standard InChI is InChI=1S/C21H19N5O2/c27-15-18-8-12-26(25-18)20(19-7-1-2-11-24-19)21(28,16-5-3-9-22-13-16)17-6-4-10-23-14-17/h1-14,20,27-28H,15H2. The first-order valence-electron chi connectivity index (χ1n) is 8.82. The number of aliphatic hydroxyl groups is 2. The molecule has 0 amide bonds. The van der Waals surface area contributed by atoms with E-state index in [4.69, 9.17) is 0 Å². The minimum atomic E-state index is -1.55. The van der Waals surface area contributed by atoms with Gasteiger partial charge >= 0.3 is 0 Å². The minimum absolute atomic E-state index is 0.194. The lowest BCUT2D eigenvalue weighted by Gasteiger charge is -2.36. The maximum absolute atomic E-state index is 12.2. The van der Waals surface area contributed by atoms with Gasteiger partial charge in [-0.2, -0.15) is 5.10 Å². The molecule has 0 bridgehead atoms. The quantitative estimate of drug-likeness (QED) is 0.537. The van der Waals surface area contributed by atoms with E-state index in [2.05, 4.69) is 20.1 Å². The third kappa shape index (κ3) is 3.17. The van der Waals surface area contributed by atoms with Crippen molar-refractivity contribution in [3.8, 4) is 0 Å². The lowest BCUT2D eigenvalue weighted by Crippen LogP contribution is -2.40. The molecule has 7 heteroatoms. The molecule has 140 valence electrons. The van der Waals surface area contributed by atoms with E-state index < -0.39 is 11.6 Å². The van der Waals surface area contributed by atoms with Gasteiger partial charge in [-0.15, -0.1) is 0 Å². The van der Waals surface area contributed by atoms with Gasteiger partial charge < -0.3 is 10.2 Å². The topological polar surface area (TPSA) is 97.0 Å². The first kappa shape index (κ1) is 18.0. The maximum Gasteiger partial charge on any atom is 0.146 e. The zero-order chi connectivity index (χ0) is 19.4. The summed E-state index contributed by atoms with van der Waals surface area (Å²) in [5, 5.41) is 26.1. The van der Waals surface area contributed by atoms with Crippen LogP contribution in [-0.4, -0.2) is 34.9 Å². The summed E-state index contributed by atoms with van der Waals surface area (Å²) in [5.74, 6) is 0. The smallest absolute Gasteiger partial charge is 0.146 e. The van der Waals surface area contributed by atoms with Crippen molar-refractivity contribution in [1.82, 2.24) is 24.7 Å². The lowest BCUT2D eigenvalue weighted by molar-refractivity contribution is 0.0311. The predicted octanol–water partition coefficient (Wildman–Crippen LogP) is 2.09. The monoisotopic (exact) mass is 373 g/mol. The molecule has 0 spiro atoms. The maximum atomic E-state index is 12.2. The van der Waals surface area contributed by atoms with Crippen LogP contribution < -0.4 is 0 Å². The molecule has 28 heavy (non-hydrogen) atoms. The Labute approximate surface area is 162 Å². The first-order valence-corrected chi connectivity index (χ1v) is 8.82. The third-order valence-corrected chi connectivity index (χ3v) is 4.66. The van der Waals surface area contributed by atoms with Gasteiger partial charge in [0.1, 0.15) is 11.6 Å². The van der Waals surface area contributed by atoms with Gasteiger partial charge in [-0.25, -0.2) is 0 Å². The summed E-state index contributed by atoms with van der Waals surface area (Å²) < 4.78 is 1.62. The first-order chi connectivity index (χ1) is 13.7. The Morgan fingerprint density at radius 2 is 1.61 bits per heavy atom. The molecule has 0 aromatic carbocycles. The zero-order valence-electron chi connectivity index (χ0n) is 15.0. The largest absolute Gasteiger partial charge is 0.390 e. The molecule has 0 aliphatic rings. The Kier molecular flexibility index (Phi) is 4.92. The van der Waals surface area contributed by atoms with E-state index in [1.807, 2.05) is 30.3 Å². The Morgan fingerprint density at radius 3 is 2.11 bits per heavy atom. The molecule has 0 fully saturated rings. The second-order valence-corrected chi connectivity index (χ2v) is 6.35. The van der Waals surface area contributed by atoms with E-state index >= 15 is 0 Å². The molecular formula is C21H19N5O2. The highest BCUT2D eigenvalue weighted by molar-refractivity contribution is 5.38. The number of rotatable bonds is 6. The van der Waals surface area contributed by atoms with Crippen molar-refractivity contribution < 1.29 is 10.2 Å². The van der Waals surface area contributed by atoms with Crippen molar-refractivity contribution >= 4 is 0 Å². The van der Waals surface area contributed by atoms with Gasteiger partial charge in [-0.05, 0) is 30.3 Å². The number of aromatic nitrogens is 5. The van der Waals surface area contributed by atoms with E-state index in [0.717, 1.165) is 0 Å². The van der Waals surface area contributed by atoms with Gasteiger partial charge in [-0.3, -0.25) is 19.6 Å². The van der Waals surface area contributed by atoms with Gasteiger partial charge in [-0.1, -0.05) is 18.2 Å². The van der Waals surface area contributed by atoms with Crippen LogP contribution in [0.1, 0.15) is 28.6 Å². The summed E-state index contributed by atoms with van der Waals surface area (Å²) in [6.07, 6.45) is 9.95. The average Bonchev–Trinajstić information content (AvgIpc) is 3.24. The van der Waals surface area contributed by atoms with Gasteiger partial charge in [0, 0.05) is 48.3 Å². The van der Waals surface area contributed by atoms with Gasteiger partial charge in [0.25, 0.3) is 0 Å². The van der Waals surface area contributed by atoms with Crippen molar-refractivity contribution in [3.63, 3.8) is 0 Å². The number of nitrogens with zero attached hydrogens (tertiary/aromatic N) is 5. The summed E-state index contributed by atoms with van der Waals surface area (Å²) in [7, 11) is 0. The van der Waals surface area contributed by atoms with Crippen LogP contribution in [0.3, 0.4) is 0 Å². The fourth-order valence-electron chi connectivity index (χ4n) is 3.34. The summed E-state index contributed by atoms with van der Waals surface area (Å²) in [6.45, 7) is -0.194. The molecular weight excluding hydrogens is 354 g/mol. The molecule has 0 aliphatic carbocycles. The van der Waals surface area contributed by atoms with Crippen LogP contribution in [0.2, 0.25) is 0 Å². The Balaban J connectivity index is 1.99. The second-order valence-electron chi connectivity index (χ2n) is 6.35. The fourth-order valence-corrected chi connectivity index (χ4v) is 3.34. The predicted molar refractivity (Wildman–Crippen MR) is 102 cm³/mol. The summed E-state index contributed by atoms with van der Waals surface area (Å²) >= 11 is 0. The van der Waals surface area contributed by atoms with Crippen LogP contribution in [0.5, 0.6) is 0 Å². The number of hydrogen-bond acceptors (Lipinski definition) is 6. The number of pyridine rings is 3. The van der Waals surface area contributed by atoms with Crippen LogP contribution in [-0.2, 0) is 12.2 Å². The Morgan fingerprint density at radius 1 is 0.893 bits per heavy atom. The number of hydrogen-bond donors (Lipinski definition) is 2. The molecule has 7 nitrogen and oxygen atoms in total. The number of aliphatic hydroxyl groups excluding tert-OH is 1. The molecule has 4 aromatic rings. The molecule has 4 heterocycles. The molecule has 0 radical (unpaired) electrons. The Hall–Kier alpha value is -3.42. The molecule has 4 aromatic heterocycles. The second kappa shape index (κ2) is 7.67. The highest BCUT2D eigenvalue weighted by Gasteiger charge is 2.44. The molecule has 0 aliphatic heterocycles. The molecule has 0 saturated heterocycles. The highest BCUT2D eigenvalue weighted by Crippen LogP contribution is 2.42. The minimum Gasteiger partial charge on any atom is -0.390 e. The SMILES string of the molecule is OCc1ccn(C(c2ccccn2)C(O)(c2cccnc2)c2cccnc2)n1. The van der Waals surface area contributed by atoms with E-state index in [-0.39, 0.29) is 6.61 Å². The molecule has 1 atom stereocenters. The van der Waals surface area contributed by atoms with Crippen molar-refractivity contribution in [2.45, 2.75) is 18.2 Å². The van der Waals surface area contributed by atoms with Crippen molar-refractivity contribution in [1.29, 1.82) is 0 Å². The highest BCUT2D eigenvalue weighted by atomic mass is 16.3. The van der Waals surface area contributed by atoms with E-state index in [1.54, 1.807) is 60.1 Å². The fraction of sp³-hybridized carbons (Fsp3) is 0.143. The summed E-state index contributed by atoms with van der Waals surface area (Å²) in [5.41, 5.74) is 0.737. The lowest BCUT2D eigenvalue weighted by atomic mass is 9.80. The van der Waals surface area contributed by atoms with E-state index in [9.17, 15) is 10.2 Å². The normalized spacial score (nSPS) is 12.6. The van der Waals surface area contributed by atoms with Crippen LogP contribution >= 0.6 is 0 Å². The zero-order valence-corrected chi connectivity index (χ0v) is 15.0. The Bertz CT molecular complexity index is 983. The van der Waals surface area contributed by atoms with Crippen molar-refractivity contribution in [2.24, 2.45) is 0 Å². The van der Waals surface area contributed by atoms with Crippen molar-refractivity contribution in [2.75, 3.05) is 0 Å². The van der Waals surface area contributed by atoms with Gasteiger partial charge in [0.15, 0.2) is 0 Å². The molecule has 1 unspecified atom stereocenters. The van der Waals surface area contributed by atoms with Gasteiger partial charge in [0.05, 0.1) is 18.0 Å². The third-order valence-electron chi connectivity index (χ3n) is 4.66. The average molecular weight is 373 g/mol. The summed E-state index contributed by atoms with van der Waals surface area (Å²) in [4.78, 5) is 12.9. The van der Waals surface area contributed by atoms with Gasteiger partial charge in [0.2, 0.25) is 0 Å². The van der Waals surface area contributed by atoms with Crippen LogP contribution in [0, 0.1) is 0 Å². The van der Waals surface area contributed by atoms with E-state index in [0.29, 0.717) is 22.5 Å².